The van der Waals surface area contributed by atoms with Crippen LogP contribution in [0, 0.1) is 46.3 Å². The van der Waals surface area contributed by atoms with Gasteiger partial charge in [-0.1, -0.05) is 57.5 Å². The molecule has 8 heteroatoms. The molecule has 11 atom stereocenters. The van der Waals surface area contributed by atoms with E-state index in [1.165, 1.54) is 24.6 Å². The normalized spacial score (nSPS) is 39.1. The smallest absolute Gasteiger partial charge is 0.392 e. The van der Waals surface area contributed by atoms with Gasteiger partial charge in [0.15, 0.2) is 9.84 Å². The molecule has 0 aromatic heterocycles. The van der Waals surface area contributed by atoms with Crippen LogP contribution in [0.25, 0.3) is 0 Å². The number of hydrogen-bond donors (Lipinski definition) is 2. The van der Waals surface area contributed by atoms with Gasteiger partial charge in [-0.2, -0.15) is 13.2 Å². The van der Waals surface area contributed by atoms with E-state index in [1.807, 2.05) is 13.8 Å². The van der Waals surface area contributed by atoms with E-state index in [1.54, 1.807) is 18.2 Å². The first-order chi connectivity index (χ1) is 20.0. The van der Waals surface area contributed by atoms with Gasteiger partial charge in [0.05, 0.1) is 27.8 Å². The maximum absolute atomic E-state index is 14.2. The number of alkyl halides is 3. The first kappa shape index (κ1) is 33.0. The highest BCUT2D eigenvalue weighted by molar-refractivity contribution is 7.92. The van der Waals surface area contributed by atoms with Crippen molar-refractivity contribution in [3.63, 3.8) is 0 Å². The van der Waals surface area contributed by atoms with Crippen LogP contribution in [0.3, 0.4) is 0 Å². The zero-order valence-electron chi connectivity index (χ0n) is 26.4. The van der Waals surface area contributed by atoms with E-state index in [-0.39, 0.29) is 28.1 Å². The first-order valence-electron chi connectivity index (χ1n) is 16.4. The molecular weight excluding hydrogens is 573 g/mol. The quantitative estimate of drug-likeness (QED) is 0.287. The minimum Gasteiger partial charge on any atom is -0.392 e. The molecule has 0 bridgehead atoms. The Kier molecular flexibility index (Phi) is 8.79. The summed E-state index contributed by atoms with van der Waals surface area (Å²) in [4.78, 5) is 0.105. The molecule has 5 rings (SSSR count). The largest absolute Gasteiger partial charge is 0.394 e. The molecule has 4 aliphatic carbocycles. The molecule has 4 nitrogen and oxygen atoms in total. The van der Waals surface area contributed by atoms with E-state index in [9.17, 15) is 31.8 Å². The van der Waals surface area contributed by atoms with Crippen LogP contribution in [0.4, 0.5) is 13.2 Å². The molecule has 3 fully saturated rings. The van der Waals surface area contributed by atoms with Gasteiger partial charge in [0, 0.05) is 0 Å². The lowest BCUT2D eigenvalue weighted by atomic mass is 9.46. The molecule has 43 heavy (non-hydrogen) atoms. The van der Waals surface area contributed by atoms with Crippen molar-refractivity contribution in [2.45, 2.75) is 127 Å². The minimum absolute atomic E-state index is 0.0328. The maximum atomic E-state index is 14.2. The zero-order valence-corrected chi connectivity index (χ0v) is 27.2. The van der Waals surface area contributed by atoms with Gasteiger partial charge < -0.3 is 10.2 Å². The van der Waals surface area contributed by atoms with E-state index < -0.39 is 51.2 Å². The third-order valence-corrected chi connectivity index (χ3v) is 15.3. The van der Waals surface area contributed by atoms with E-state index in [0.29, 0.717) is 17.8 Å². The number of fused-ring (bicyclic) bond motifs is 5. The second kappa shape index (κ2) is 11.5. The van der Waals surface area contributed by atoms with Crippen molar-refractivity contribution in [3.8, 4) is 0 Å². The predicted molar refractivity (Wildman–Crippen MR) is 163 cm³/mol. The van der Waals surface area contributed by atoms with E-state index >= 15 is 0 Å². The molecule has 0 saturated heterocycles. The van der Waals surface area contributed by atoms with Gasteiger partial charge in [-0.3, -0.25) is 0 Å². The van der Waals surface area contributed by atoms with Crippen LogP contribution in [-0.4, -0.2) is 41.8 Å². The first-order valence-corrected chi connectivity index (χ1v) is 18.0. The van der Waals surface area contributed by atoms with Gasteiger partial charge in [0.25, 0.3) is 0 Å². The lowest BCUT2D eigenvalue weighted by Gasteiger charge is -2.59. The molecule has 3 unspecified atom stereocenters. The number of aliphatic hydroxyl groups is 2. The molecule has 3 saturated carbocycles. The standard InChI is InChI=1S/C35H51F3O4S/c1-6-26(35(36,37)38)30(39)20-31(43(41,42)24-10-8-7-9-11-24)22(2)27-14-15-28-25-13-12-23-21-32(3,40)18-19-33(23,4)29(25)16-17-34(27,28)5/h7-12,22,25-31,39-40H,6,13-21H2,1-5H3/t22-,25-,26?,27+,28-,29-,30?,31?,32-,33-,34+/m0/s1. The number of aliphatic hydroxyl groups excluding tert-OH is 1. The van der Waals surface area contributed by atoms with Gasteiger partial charge >= 0.3 is 6.18 Å². The fourth-order valence-corrected chi connectivity index (χ4v) is 12.6. The van der Waals surface area contributed by atoms with Crippen molar-refractivity contribution in [3.05, 3.63) is 42.0 Å². The number of hydrogen-bond acceptors (Lipinski definition) is 4. The van der Waals surface area contributed by atoms with Crippen molar-refractivity contribution in [2.75, 3.05) is 0 Å². The summed E-state index contributed by atoms with van der Waals surface area (Å²) in [5, 5.41) is 20.6. The third kappa shape index (κ3) is 5.75. The molecule has 0 spiro atoms. The molecule has 242 valence electrons. The van der Waals surface area contributed by atoms with Crippen molar-refractivity contribution in [1.29, 1.82) is 0 Å². The second-order valence-corrected chi connectivity index (χ2v) is 17.4. The fourth-order valence-electron chi connectivity index (χ4n) is 10.5. The van der Waals surface area contributed by atoms with Crippen molar-refractivity contribution in [1.82, 2.24) is 0 Å². The van der Waals surface area contributed by atoms with Gasteiger partial charge in [-0.25, -0.2) is 8.42 Å². The Morgan fingerprint density at radius 3 is 2.30 bits per heavy atom. The summed E-state index contributed by atoms with van der Waals surface area (Å²) in [6.07, 6.45) is 2.59. The highest BCUT2D eigenvalue weighted by Crippen LogP contribution is 2.68. The van der Waals surface area contributed by atoms with Crippen LogP contribution in [-0.2, 0) is 9.84 Å². The summed E-state index contributed by atoms with van der Waals surface area (Å²) in [7, 11) is -4.01. The molecule has 4 aliphatic rings. The Morgan fingerprint density at radius 2 is 1.67 bits per heavy atom. The van der Waals surface area contributed by atoms with E-state index in [4.69, 9.17) is 0 Å². The number of rotatable bonds is 8. The molecule has 0 aliphatic heterocycles. The maximum Gasteiger partial charge on any atom is 0.394 e. The van der Waals surface area contributed by atoms with Crippen molar-refractivity contribution < 1.29 is 31.8 Å². The Bertz CT molecular complexity index is 1290. The van der Waals surface area contributed by atoms with Crippen LogP contribution in [0.2, 0.25) is 0 Å². The number of benzene rings is 1. The van der Waals surface area contributed by atoms with Crippen molar-refractivity contribution >= 4 is 9.84 Å². The topological polar surface area (TPSA) is 74.6 Å². The van der Waals surface area contributed by atoms with E-state index in [0.717, 1.165) is 51.4 Å². The Balaban J connectivity index is 1.45. The number of sulfone groups is 1. The summed E-state index contributed by atoms with van der Waals surface area (Å²) in [5.41, 5.74) is 0.704. The molecule has 1 aromatic rings. The predicted octanol–water partition coefficient (Wildman–Crippen LogP) is 8.13. The average molecular weight is 625 g/mol. The Labute approximate surface area is 256 Å². The summed E-state index contributed by atoms with van der Waals surface area (Å²) in [6.45, 7) is 9.94. The molecule has 0 amide bonds. The van der Waals surface area contributed by atoms with Gasteiger partial charge in [0.1, 0.15) is 0 Å². The third-order valence-electron chi connectivity index (χ3n) is 12.9. The lowest BCUT2D eigenvalue weighted by molar-refractivity contribution is -0.201. The van der Waals surface area contributed by atoms with Crippen LogP contribution in [0.1, 0.15) is 98.8 Å². The van der Waals surface area contributed by atoms with Crippen LogP contribution in [0.15, 0.2) is 46.9 Å². The molecule has 0 radical (unpaired) electrons. The highest BCUT2D eigenvalue weighted by atomic mass is 32.2. The number of allylic oxidation sites excluding steroid dienone is 1. The van der Waals surface area contributed by atoms with Crippen LogP contribution in [0.5, 0.6) is 0 Å². The molecule has 0 heterocycles. The van der Waals surface area contributed by atoms with Crippen LogP contribution >= 0.6 is 0 Å². The fraction of sp³-hybridized carbons (Fsp3) is 0.771. The highest BCUT2D eigenvalue weighted by Gasteiger charge is 2.61. The lowest BCUT2D eigenvalue weighted by Crippen LogP contribution is -2.52. The summed E-state index contributed by atoms with van der Waals surface area (Å²) in [5.74, 6) is -0.914. The van der Waals surface area contributed by atoms with Gasteiger partial charge in [-0.15, -0.1) is 0 Å². The summed E-state index contributed by atoms with van der Waals surface area (Å²) < 4.78 is 69.8. The molecule has 1 aromatic carbocycles. The second-order valence-electron chi connectivity index (χ2n) is 15.3. The van der Waals surface area contributed by atoms with Gasteiger partial charge in [0.2, 0.25) is 0 Å². The van der Waals surface area contributed by atoms with Crippen molar-refractivity contribution in [2.24, 2.45) is 46.3 Å². The van der Waals surface area contributed by atoms with Gasteiger partial charge in [-0.05, 0) is 124 Å². The molecule has 2 N–H and O–H groups in total. The van der Waals surface area contributed by atoms with E-state index in [2.05, 4.69) is 19.9 Å². The average Bonchev–Trinajstić information content (AvgIpc) is 3.29. The number of halogens is 3. The monoisotopic (exact) mass is 624 g/mol. The summed E-state index contributed by atoms with van der Waals surface area (Å²) in [6, 6.07) is 8.03. The Morgan fingerprint density at radius 1 is 1.00 bits per heavy atom. The minimum atomic E-state index is -4.60. The summed E-state index contributed by atoms with van der Waals surface area (Å²) >= 11 is 0. The molecular formula is C35H51F3O4S. The van der Waals surface area contributed by atoms with Crippen LogP contribution < -0.4 is 0 Å². The SMILES string of the molecule is CCC(C(O)CC([C@@H](C)[C@H]1CC[C@H]2[C@@H]3CC=C4C[C@@](C)(O)CC[C@]4(C)[C@H]3CC[C@]12C)S(=O)(=O)c1ccccc1)C(F)(F)F. The Hall–Kier alpha value is -1.38. The zero-order chi connectivity index (χ0) is 31.6.